The van der Waals surface area contributed by atoms with Gasteiger partial charge >= 0.3 is 6.09 Å². The van der Waals surface area contributed by atoms with Crippen LogP contribution in [0.15, 0.2) is 30.6 Å². The summed E-state index contributed by atoms with van der Waals surface area (Å²) in [7, 11) is 0. The lowest BCUT2D eigenvalue weighted by molar-refractivity contribution is -0.384. The first-order chi connectivity index (χ1) is 19.7. The Hall–Kier alpha value is -4.41. The third-order valence-corrected chi connectivity index (χ3v) is 7.21. The molecule has 1 aromatic carbocycles. The van der Waals surface area contributed by atoms with Gasteiger partial charge in [0.2, 0.25) is 0 Å². The van der Waals surface area contributed by atoms with Gasteiger partial charge in [-0.2, -0.15) is 0 Å². The van der Waals surface area contributed by atoms with Gasteiger partial charge in [0.1, 0.15) is 29.3 Å². The van der Waals surface area contributed by atoms with Gasteiger partial charge in [-0.15, -0.1) is 0 Å². The minimum absolute atomic E-state index is 0.0946. The van der Waals surface area contributed by atoms with Crippen LogP contribution >= 0.6 is 0 Å². The number of hydrogen-bond donors (Lipinski definition) is 4. The molecule has 2 amide bonds. The summed E-state index contributed by atoms with van der Waals surface area (Å²) in [6.07, 6.45) is -2.62. The number of aromatic nitrogens is 4. The number of anilines is 1. The van der Waals surface area contributed by atoms with Crippen LogP contribution in [0.1, 0.15) is 31.8 Å². The fourth-order valence-electron chi connectivity index (χ4n) is 5.02. The monoisotopic (exact) mass is 570 g/mol. The van der Waals surface area contributed by atoms with Crippen LogP contribution in [-0.2, 0) is 16.0 Å². The molecule has 2 fully saturated rings. The number of aliphatic hydroxyl groups is 2. The molecule has 4 heterocycles. The number of aliphatic hydroxyl groups excluding tert-OH is 2. The Kier molecular flexibility index (Phi) is 7.96. The summed E-state index contributed by atoms with van der Waals surface area (Å²) < 4.78 is 12.5. The lowest BCUT2D eigenvalue weighted by atomic mass is 9.93. The zero-order chi connectivity index (χ0) is 29.3. The van der Waals surface area contributed by atoms with Crippen molar-refractivity contribution >= 4 is 34.7 Å². The van der Waals surface area contributed by atoms with Gasteiger partial charge in [-0.05, 0) is 37.8 Å². The number of non-ortho nitro benzene ring substituents is 1. The third-order valence-electron chi connectivity index (χ3n) is 7.21. The van der Waals surface area contributed by atoms with Crippen LogP contribution in [0.5, 0.6) is 5.75 Å². The molecule has 3 aromatic rings. The van der Waals surface area contributed by atoms with E-state index in [4.69, 9.17) is 15.2 Å². The van der Waals surface area contributed by atoms with Gasteiger partial charge < -0.3 is 35.6 Å². The molecule has 218 valence electrons. The third kappa shape index (κ3) is 5.75. The van der Waals surface area contributed by atoms with E-state index in [1.54, 1.807) is 11.8 Å². The number of likely N-dealkylation sites (N-methyl/N-ethyl adjacent to an activating group) is 1. The van der Waals surface area contributed by atoms with E-state index in [1.165, 1.54) is 35.2 Å². The highest BCUT2D eigenvalue weighted by Gasteiger charge is 2.47. The number of nitrogens with zero attached hydrogens (tertiary/aromatic N) is 6. The van der Waals surface area contributed by atoms with Crippen molar-refractivity contribution in [2.24, 2.45) is 5.92 Å². The molecular weight excluding hydrogens is 540 g/mol. The van der Waals surface area contributed by atoms with Crippen LogP contribution < -0.4 is 15.8 Å². The first-order valence-electron chi connectivity index (χ1n) is 13.2. The molecule has 2 aromatic heterocycles. The molecule has 2 saturated heterocycles. The molecule has 0 radical (unpaired) electrons. The number of likely N-dealkylation sites (tertiary alicyclic amines) is 1. The van der Waals surface area contributed by atoms with E-state index < -0.39 is 41.5 Å². The smallest absolute Gasteiger partial charge is 0.410 e. The summed E-state index contributed by atoms with van der Waals surface area (Å²) in [5, 5.41) is 34.4. The Morgan fingerprint density at radius 2 is 1.90 bits per heavy atom. The average molecular weight is 571 g/mol. The highest BCUT2D eigenvalue weighted by atomic mass is 16.6. The number of ether oxygens (including phenoxy) is 2. The van der Waals surface area contributed by atoms with E-state index in [9.17, 15) is 29.9 Å². The van der Waals surface area contributed by atoms with Crippen LogP contribution in [0.25, 0.3) is 11.2 Å². The molecule has 16 heteroatoms. The van der Waals surface area contributed by atoms with Crippen LogP contribution in [0.3, 0.4) is 0 Å². The Balaban J connectivity index is 1.23. The predicted molar refractivity (Wildman–Crippen MR) is 141 cm³/mol. The molecule has 41 heavy (non-hydrogen) atoms. The van der Waals surface area contributed by atoms with Crippen molar-refractivity contribution in [3.63, 3.8) is 0 Å². The Morgan fingerprint density at radius 1 is 1.20 bits per heavy atom. The number of nitrogens with one attached hydrogen (secondary N) is 1. The van der Waals surface area contributed by atoms with Crippen molar-refractivity contribution in [2.45, 2.75) is 50.7 Å². The first kappa shape index (κ1) is 28.1. The molecule has 1 unspecified atom stereocenters. The molecule has 4 atom stereocenters. The number of carbonyl (C=O) groups is 2. The second-order valence-corrected chi connectivity index (χ2v) is 9.93. The maximum absolute atomic E-state index is 12.6. The maximum Gasteiger partial charge on any atom is 0.415 e. The standard InChI is InChI=1S/C25H30N8O8/c1-2-27-23(36)20-18(34)19(35)24(41-20)32-12-28-17-21(26)29-16(30-22(17)32)11-13-7-9-31(10-8-13)25(37)40-15-5-3-14(4-6-15)33(38)39/h3-6,12-13,18-20,24,34-35H,2,7-11H2,1H3,(H,27,36)(H2,26,29,30)/t18-,19?,20+,24-/m1/s1. The summed E-state index contributed by atoms with van der Waals surface area (Å²) in [4.78, 5) is 49.9. The number of fused-ring (bicyclic) bond motifs is 1. The highest BCUT2D eigenvalue weighted by Crippen LogP contribution is 2.33. The molecule has 0 aliphatic carbocycles. The zero-order valence-corrected chi connectivity index (χ0v) is 22.1. The highest BCUT2D eigenvalue weighted by molar-refractivity contribution is 5.83. The van der Waals surface area contributed by atoms with Crippen LogP contribution in [0.2, 0.25) is 0 Å². The van der Waals surface area contributed by atoms with Crippen molar-refractivity contribution < 1.29 is 34.2 Å². The lowest BCUT2D eigenvalue weighted by Crippen LogP contribution is -2.42. The van der Waals surface area contributed by atoms with Crippen molar-refractivity contribution in [3.05, 3.63) is 46.5 Å². The number of carbonyl (C=O) groups excluding carboxylic acids is 2. The zero-order valence-electron chi connectivity index (χ0n) is 22.1. The van der Waals surface area contributed by atoms with E-state index >= 15 is 0 Å². The molecule has 5 rings (SSSR count). The molecule has 0 saturated carbocycles. The van der Waals surface area contributed by atoms with Crippen molar-refractivity contribution in [1.29, 1.82) is 0 Å². The lowest BCUT2D eigenvalue weighted by Gasteiger charge is -2.31. The number of imidazole rings is 1. The fourth-order valence-corrected chi connectivity index (χ4v) is 5.02. The van der Waals surface area contributed by atoms with E-state index in [1.807, 2.05) is 0 Å². The Bertz CT molecular complexity index is 1440. The van der Waals surface area contributed by atoms with Crippen molar-refractivity contribution in [1.82, 2.24) is 29.7 Å². The van der Waals surface area contributed by atoms with Crippen LogP contribution in [-0.4, -0.2) is 89.5 Å². The van der Waals surface area contributed by atoms with Gasteiger partial charge in [0, 0.05) is 38.2 Å². The summed E-state index contributed by atoms with van der Waals surface area (Å²) in [5.41, 5.74) is 6.66. The number of rotatable bonds is 7. The number of nitro groups is 1. The summed E-state index contributed by atoms with van der Waals surface area (Å²) in [6, 6.07) is 5.29. The Labute approximate surface area is 233 Å². The summed E-state index contributed by atoms with van der Waals surface area (Å²) in [6.45, 7) is 2.95. The second kappa shape index (κ2) is 11.6. The van der Waals surface area contributed by atoms with Crippen LogP contribution in [0, 0.1) is 16.0 Å². The fraction of sp³-hybridized carbons (Fsp3) is 0.480. The van der Waals surface area contributed by atoms with E-state index in [0.717, 1.165) is 0 Å². The van der Waals surface area contributed by atoms with Gasteiger partial charge in [0.05, 0.1) is 11.3 Å². The quantitative estimate of drug-likeness (QED) is 0.226. The molecular formula is C25H30N8O8. The molecule has 0 bridgehead atoms. The minimum atomic E-state index is -1.44. The average Bonchev–Trinajstić information content (AvgIpc) is 3.50. The number of nitrogen functional groups attached to an aromatic ring is 1. The number of nitrogens with two attached hydrogens (primary N) is 1. The summed E-state index contributed by atoms with van der Waals surface area (Å²) >= 11 is 0. The van der Waals surface area contributed by atoms with E-state index in [2.05, 4.69) is 20.3 Å². The largest absolute Gasteiger partial charge is 0.415 e. The first-order valence-corrected chi connectivity index (χ1v) is 13.2. The normalized spacial score (nSPS) is 23.0. The number of hydrogen-bond acceptors (Lipinski definition) is 12. The van der Waals surface area contributed by atoms with Gasteiger partial charge in [0.15, 0.2) is 23.8 Å². The van der Waals surface area contributed by atoms with Crippen molar-refractivity contribution in [2.75, 3.05) is 25.4 Å². The second-order valence-electron chi connectivity index (χ2n) is 9.93. The van der Waals surface area contributed by atoms with Gasteiger partial charge in [0.25, 0.3) is 11.6 Å². The molecule has 2 aliphatic heterocycles. The number of amides is 2. The predicted octanol–water partition coefficient (Wildman–Crippen LogP) is 0.526. The molecule has 0 spiro atoms. The SMILES string of the molecule is CCNC(=O)[C@H]1O[C@@H](n2cnc3c(N)nc(CC4CCN(C(=O)Oc5ccc([N+](=O)[O-])cc5)CC4)nc32)C(O)[C@H]1O. The topological polar surface area (TPSA) is 221 Å². The summed E-state index contributed by atoms with van der Waals surface area (Å²) in [5.74, 6) is 0.406. The van der Waals surface area contributed by atoms with Crippen molar-refractivity contribution in [3.8, 4) is 5.75 Å². The minimum Gasteiger partial charge on any atom is -0.410 e. The van der Waals surface area contributed by atoms with E-state index in [0.29, 0.717) is 55.9 Å². The number of piperidine rings is 1. The maximum atomic E-state index is 12.6. The molecule has 5 N–H and O–H groups in total. The van der Waals surface area contributed by atoms with Gasteiger partial charge in [-0.25, -0.2) is 19.7 Å². The Morgan fingerprint density at radius 3 is 2.56 bits per heavy atom. The van der Waals surface area contributed by atoms with Gasteiger partial charge in [-0.1, -0.05) is 0 Å². The number of nitro benzene ring substituents is 1. The van der Waals surface area contributed by atoms with E-state index in [-0.39, 0.29) is 23.2 Å². The van der Waals surface area contributed by atoms with Gasteiger partial charge in [-0.3, -0.25) is 19.5 Å². The number of benzene rings is 1. The molecule has 16 nitrogen and oxygen atoms in total. The van der Waals surface area contributed by atoms with Crippen LogP contribution in [0.4, 0.5) is 16.3 Å². The molecule has 2 aliphatic rings.